The Bertz CT molecular complexity index is 529. The van der Waals surface area contributed by atoms with Crippen molar-refractivity contribution in [1.82, 2.24) is 10.6 Å². The molecule has 0 aromatic heterocycles. The van der Waals surface area contributed by atoms with Crippen LogP contribution in [0.1, 0.15) is 20.7 Å². The molecule has 164 valence electrons. The van der Waals surface area contributed by atoms with Gasteiger partial charge in [0, 0.05) is 11.1 Å². The van der Waals surface area contributed by atoms with E-state index in [-0.39, 0.29) is 33.0 Å². The second-order valence-corrected chi connectivity index (χ2v) is 4.39. The van der Waals surface area contributed by atoms with Crippen LogP contribution in [0, 0.1) is 0 Å². The minimum absolute atomic E-state index is 0. The van der Waals surface area contributed by atoms with Gasteiger partial charge in [-0.05, 0) is 24.3 Å². The summed E-state index contributed by atoms with van der Waals surface area (Å²) < 4.78 is 0. The molecule has 0 spiro atoms. The molecule has 28 heavy (non-hydrogen) atoms. The lowest BCUT2D eigenvalue weighted by atomic mass is 10.1. The number of hydrogen-bond donors (Lipinski definition) is 4. The highest BCUT2D eigenvalue weighted by atomic mass is 16.4. The first kappa shape index (κ1) is 35.9. The SMILES string of the molecule is O.O.O.O.O=C([O-])CNC(=O)c1ccc(C(=O)NCC(=O)[O-])cc1.[NH3+]CC[NH3+]. The molecule has 14 nitrogen and oxygen atoms in total. The Balaban J connectivity index is -0.000000201. The number of amides is 2. The molecule has 0 saturated carbocycles. The zero-order valence-electron chi connectivity index (χ0n) is 15.0. The molecular formula is C14H28N4O10. The van der Waals surface area contributed by atoms with E-state index in [1.54, 1.807) is 0 Å². The molecule has 0 unspecified atom stereocenters. The molecule has 0 radical (unpaired) electrons. The summed E-state index contributed by atoms with van der Waals surface area (Å²) in [6.45, 7) is 0.680. The van der Waals surface area contributed by atoms with Gasteiger partial charge in [0.15, 0.2) is 0 Å². The lowest BCUT2D eigenvalue weighted by molar-refractivity contribution is -0.453. The number of carboxylic acids is 2. The van der Waals surface area contributed by atoms with Crippen LogP contribution in [0.2, 0.25) is 0 Å². The number of carbonyl (C=O) groups is 4. The monoisotopic (exact) mass is 412 g/mol. The van der Waals surface area contributed by atoms with Crippen LogP contribution in [0.25, 0.3) is 0 Å². The average Bonchev–Trinajstić information content (AvgIpc) is 2.57. The van der Waals surface area contributed by atoms with E-state index in [9.17, 15) is 29.4 Å². The molecule has 0 fully saturated rings. The number of carboxylic acid groups (broad SMARTS) is 2. The Hall–Kier alpha value is -3.14. The van der Waals surface area contributed by atoms with Crippen LogP contribution in [-0.2, 0) is 9.59 Å². The summed E-state index contributed by atoms with van der Waals surface area (Å²) in [6, 6.07) is 5.22. The molecule has 0 aliphatic carbocycles. The maximum absolute atomic E-state index is 11.5. The zero-order valence-corrected chi connectivity index (χ0v) is 15.0. The fourth-order valence-corrected chi connectivity index (χ4v) is 1.28. The Labute approximate surface area is 159 Å². The maximum atomic E-state index is 11.5. The van der Waals surface area contributed by atoms with Gasteiger partial charge in [0.25, 0.3) is 11.8 Å². The Kier molecular flexibility index (Phi) is 25.9. The van der Waals surface area contributed by atoms with Crippen molar-refractivity contribution in [2.75, 3.05) is 26.2 Å². The van der Waals surface area contributed by atoms with Gasteiger partial charge in [-0.3, -0.25) is 9.59 Å². The van der Waals surface area contributed by atoms with Crippen molar-refractivity contribution in [1.29, 1.82) is 0 Å². The van der Waals surface area contributed by atoms with Crippen molar-refractivity contribution in [3.05, 3.63) is 35.4 Å². The van der Waals surface area contributed by atoms with Crippen molar-refractivity contribution in [3.63, 3.8) is 0 Å². The minimum Gasteiger partial charge on any atom is -0.548 e. The molecule has 2 amide bonds. The highest BCUT2D eigenvalue weighted by Gasteiger charge is 2.08. The zero-order chi connectivity index (χ0) is 18.5. The van der Waals surface area contributed by atoms with E-state index in [1.165, 1.54) is 24.3 Å². The summed E-state index contributed by atoms with van der Waals surface area (Å²) in [6.07, 6.45) is 0. The number of rotatable bonds is 7. The average molecular weight is 412 g/mol. The standard InChI is InChI=1S/C12H12N2O6.C2H8N2.4H2O/c15-9(16)5-13-11(19)7-1-2-8(4-3-7)12(20)14-6-10(17)18;3-1-2-4;;;;/h1-4H,5-6H2,(H,13,19)(H,14,20)(H,15,16)(H,17,18);1-4H2;4*1H2. The van der Waals surface area contributed by atoms with Crippen molar-refractivity contribution in [3.8, 4) is 0 Å². The van der Waals surface area contributed by atoms with Gasteiger partial charge in [0.1, 0.15) is 13.1 Å². The van der Waals surface area contributed by atoms with Crippen molar-refractivity contribution in [2.45, 2.75) is 0 Å². The van der Waals surface area contributed by atoms with E-state index in [1.807, 2.05) is 0 Å². The number of benzene rings is 1. The molecule has 14 heteroatoms. The summed E-state index contributed by atoms with van der Waals surface area (Å²) in [5.41, 5.74) is 7.39. The fourth-order valence-electron chi connectivity index (χ4n) is 1.28. The maximum Gasteiger partial charge on any atom is 0.251 e. The van der Waals surface area contributed by atoms with Gasteiger partial charge < -0.3 is 63.8 Å². The summed E-state index contributed by atoms with van der Waals surface area (Å²) in [5, 5.41) is 24.5. The third kappa shape index (κ3) is 16.3. The Morgan fingerprint density at radius 3 is 1.11 bits per heavy atom. The molecule has 0 heterocycles. The van der Waals surface area contributed by atoms with Crippen LogP contribution in [0.15, 0.2) is 24.3 Å². The van der Waals surface area contributed by atoms with E-state index in [0.29, 0.717) is 0 Å². The molecule has 0 aliphatic rings. The Morgan fingerprint density at radius 2 is 0.929 bits per heavy atom. The van der Waals surface area contributed by atoms with E-state index in [0.717, 1.165) is 13.1 Å². The van der Waals surface area contributed by atoms with Crippen molar-refractivity contribution in [2.24, 2.45) is 0 Å². The van der Waals surface area contributed by atoms with Gasteiger partial charge in [-0.2, -0.15) is 0 Å². The molecule has 0 atom stereocenters. The summed E-state index contributed by atoms with van der Waals surface area (Å²) in [5.74, 6) is -4.10. The highest BCUT2D eigenvalue weighted by Crippen LogP contribution is 2.04. The third-order valence-electron chi connectivity index (χ3n) is 2.45. The van der Waals surface area contributed by atoms with Crippen LogP contribution in [-0.4, -0.2) is 71.8 Å². The quantitative estimate of drug-likeness (QED) is 0.336. The van der Waals surface area contributed by atoms with Gasteiger partial charge in [-0.1, -0.05) is 0 Å². The van der Waals surface area contributed by atoms with Gasteiger partial charge in [-0.25, -0.2) is 0 Å². The number of carbonyl (C=O) groups excluding carboxylic acids is 4. The molecule has 0 aliphatic heterocycles. The fraction of sp³-hybridized carbons (Fsp3) is 0.286. The third-order valence-corrected chi connectivity index (χ3v) is 2.45. The minimum atomic E-state index is -1.42. The van der Waals surface area contributed by atoms with Crippen LogP contribution in [0.3, 0.4) is 0 Å². The molecule has 1 aromatic carbocycles. The van der Waals surface area contributed by atoms with Gasteiger partial charge in [-0.15, -0.1) is 0 Å². The van der Waals surface area contributed by atoms with E-state index >= 15 is 0 Å². The molecule has 16 N–H and O–H groups in total. The van der Waals surface area contributed by atoms with Crippen LogP contribution < -0.4 is 32.3 Å². The largest absolute Gasteiger partial charge is 0.548 e. The normalized spacial score (nSPS) is 7.93. The van der Waals surface area contributed by atoms with Gasteiger partial charge in [0.2, 0.25) is 0 Å². The van der Waals surface area contributed by atoms with Gasteiger partial charge >= 0.3 is 0 Å². The van der Waals surface area contributed by atoms with Crippen molar-refractivity contribution < 1.29 is 62.8 Å². The Morgan fingerprint density at radius 1 is 0.679 bits per heavy atom. The van der Waals surface area contributed by atoms with Crippen molar-refractivity contribution >= 4 is 23.8 Å². The van der Waals surface area contributed by atoms with Crippen LogP contribution >= 0.6 is 0 Å². The number of nitrogens with one attached hydrogen (secondary N) is 2. The van der Waals surface area contributed by atoms with Crippen LogP contribution in [0.5, 0.6) is 0 Å². The lowest BCUT2D eigenvalue weighted by Crippen LogP contribution is -2.64. The number of hydrogen-bond acceptors (Lipinski definition) is 6. The number of aliphatic carboxylic acids is 2. The predicted molar refractivity (Wildman–Crippen MR) is 91.1 cm³/mol. The van der Waals surface area contributed by atoms with E-state index in [2.05, 4.69) is 22.1 Å². The predicted octanol–water partition coefficient (Wildman–Crippen LogP) is -9.18. The van der Waals surface area contributed by atoms with E-state index < -0.39 is 36.8 Å². The molecule has 1 rings (SSSR count). The lowest BCUT2D eigenvalue weighted by Gasteiger charge is -2.07. The van der Waals surface area contributed by atoms with Gasteiger partial charge in [0.05, 0.1) is 25.0 Å². The summed E-state index contributed by atoms with van der Waals surface area (Å²) >= 11 is 0. The highest BCUT2D eigenvalue weighted by molar-refractivity contribution is 5.99. The summed E-state index contributed by atoms with van der Waals surface area (Å²) in [7, 11) is 0. The van der Waals surface area contributed by atoms with Crippen LogP contribution in [0.4, 0.5) is 0 Å². The topological polar surface area (TPSA) is 320 Å². The second kappa shape index (κ2) is 20.2. The van der Waals surface area contributed by atoms with E-state index in [4.69, 9.17) is 0 Å². The number of quaternary nitrogens is 2. The second-order valence-electron chi connectivity index (χ2n) is 4.39. The summed E-state index contributed by atoms with van der Waals surface area (Å²) in [4.78, 5) is 43.3. The first-order valence-corrected chi connectivity index (χ1v) is 6.96. The molecule has 0 saturated heterocycles. The molecule has 0 bridgehead atoms. The molecule has 1 aromatic rings. The molecular weight excluding hydrogens is 384 g/mol. The smallest absolute Gasteiger partial charge is 0.251 e. The first-order chi connectivity index (χ1) is 11.3. The first-order valence-electron chi connectivity index (χ1n) is 6.96.